The molecule has 1 N–H and O–H groups in total. The van der Waals surface area contributed by atoms with Gasteiger partial charge in [-0.15, -0.1) is 0 Å². The second kappa shape index (κ2) is 6.12. The molecule has 2 rings (SSSR count). The van der Waals surface area contributed by atoms with Crippen LogP contribution in [0.5, 0.6) is 0 Å². The van der Waals surface area contributed by atoms with Gasteiger partial charge in [-0.2, -0.15) is 5.10 Å². The molecule has 7 heteroatoms. The molecule has 1 aromatic carbocycles. The molecule has 0 saturated carbocycles. The van der Waals surface area contributed by atoms with Crippen molar-refractivity contribution < 1.29 is 13.6 Å². The first kappa shape index (κ1) is 14.0. The molecular weight excluding hydrogens is 383 g/mol. The maximum Gasteiger partial charge on any atom is 0.271 e. The van der Waals surface area contributed by atoms with Crippen LogP contribution < -0.4 is 5.43 Å². The van der Waals surface area contributed by atoms with Crippen LogP contribution in [0, 0.1) is 5.82 Å². The van der Waals surface area contributed by atoms with Crippen LogP contribution in [0.3, 0.4) is 0 Å². The summed E-state index contributed by atoms with van der Waals surface area (Å²) in [6, 6.07) is 6.86. The Kier molecular flexibility index (Phi) is 4.49. The van der Waals surface area contributed by atoms with Crippen LogP contribution in [-0.2, 0) is 0 Å². The zero-order valence-electron chi connectivity index (χ0n) is 9.36. The van der Waals surface area contributed by atoms with Gasteiger partial charge in [0.05, 0.1) is 10.7 Å². The van der Waals surface area contributed by atoms with Gasteiger partial charge in [0.2, 0.25) is 0 Å². The molecule has 19 heavy (non-hydrogen) atoms. The molecule has 1 heterocycles. The second-order valence-electron chi connectivity index (χ2n) is 3.48. The normalized spacial score (nSPS) is 10.9. The molecule has 0 aliphatic heterocycles. The van der Waals surface area contributed by atoms with E-state index in [0.717, 1.165) is 4.47 Å². The predicted molar refractivity (Wildman–Crippen MR) is 75.6 cm³/mol. The van der Waals surface area contributed by atoms with Crippen molar-refractivity contribution in [1.29, 1.82) is 0 Å². The topological polar surface area (TPSA) is 54.6 Å². The Labute approximate surface area is 124 Å². The summed E-state index contributed by atoms with van der Waals surface area (Å²) in [4.78, 5) is 11.6. The molecule has 0 atom stereocenters. The van der Waals surface area contributed by atoms with E-state index in [2.05, 4.69) is 42.4 Å². The number of rotatable bonds is 3. The second-order valence-corrected chi connectivity index (χ2v) is 5.05. The third kappa shape index (κ3) is 3.74. The van der Waals surface area contributed by atoms with Gasteiger partial charge in [0, 0.05) is 11.6 Å². The molecule has 4 nitrogen and oxygen atoms in total. The van der Waals surface area contributed by atoms with E-state index in [1.807, 2.05) is 0 Å². The summed E-state index contributed by atoms with van der Waals surface area (Å²) in [6.45, 7) is 0. The van der Waals surface area contributed by atoms with Crippen molar-refractivity contribution >= 4 is 44.0 Å². The van der Waals surface area contributed by atoms with Gasteiger partial charge in [-0.25, -0.2) is 9.82 Å². The van der Waals surface area contributed by atoms with Gasteiger partial charge in [0.15, 0.2) is 4.67 Å². The average molecular weight is 390 g/mol. The Morgan fingerprint density at radius 1 is 1.32 bits per heavy atom. The van der Waals surface area contributed by atoms with Gasteiger partial charge in [0.1, 0.15) is 11.6 Å². The maximum absolute atomic E-state index is 12.7. The highest BCUT2D eigenvalue weighted by atomic mass is 79.9. The number of carbonyl (C=O) groups excluding carboxylic acids is 1. The van der Waals surface area contributed by atoms with Gasteiger partial charge >= 0.3 is 0 Å². The zero-order valence-corrected chi connectivity index (χ0v) is 12.5. The molecular formula is C12H7Br2FN2O2. The van der Waals surface area contributed by atoms with Crippen molar-refractivity contribution in [3.05, 3.63) is 56.6 Å². The Morgan fingerprint density at radius 2 is 2.00 bits per heavy atom. The summed E-state index contributed by atoms with van der Waals surface area (Å²) >= 11 is 6.44. The highest BCUT2D eigenvalue weighted by Gasteiger charge is 2.05. The van der Waals surface area contributed by atoms with Gasteiger partial charge < -0.3 is 4.42 Å². The zero-order chi connectivity index (χ0) is 13.8. The largest absolute Gasteiger partial charge is 0.447 e. The molecule has 1 aromatic heterocycles. The minimum Gasteiger partial charge on any atom is -0.447 e. The van der Waals surface area contributed by atoms with E-state index in [4.69, 9.17) is 4.42 Å². The van der Waals surface area contributed by atoms with E-state index in [1.165, 1.54) is 30.5 Å². The minimum absolute atomic E-state index is 0.320. The van der Waals surface area contributed by atoms with Gasteiger partial charge in [0.25, 0.3) is 5.91 Å². The third-order valence-electron chi connectivity index (χ3n) is 2.13. The van der Waals surface area contributed by atoms with Crippen LogP contribution in [0.15, 0.2) is 49.0 Å². The molecule has 0 radical (unpaired) electrons. The van der Waals surface area contributed by atoms with Crippen LogP contribution in [0.25, 0.3) is 0 Å². The fourth-order valence-electron chi connectivity index (χ4n) is 1.25. The smallest absolute Gasteiger partial charge is 0.271 e. The predicted octanol–water partition coefficient (Wildman–Crippen LogP) is 3.71. The van der Waals surface area contributed by atoms with Crippen molar-refractivity contribution in [2.24, 2.45) is 5.10 Å². The van der Waals surface area contributed by atoms with Crippen LogP contribution in [-0.4, -0.2) is 12.1 Å². The van der Waals surface area contributed by atoms with Crippen molar-refractivity contribution in [1.82, 2.24) is 5.43 Å². The standard InChI is InChI=1S/C12H7Br2FN2O2/c13-10-5-9(19-11(10)14)6-16-17-12(18)7-1-3-8(15)4-2-7/h1-6H,(H,17,18). The molecule has 0 aliphatic rings. The van der Waals surface area contributed by atoms with Crippen LogP contribution >= 0.6 is 31.9 Å². The summed E-state index contributed by atoms with van der Waals surface area (Å²) in [5, 5.41) is 3.74. The summed E-state index contributed by atoms with van der Waals surface area (Å²) < 4.78 is 19.2. The summed E-state index contributed by atoms with van der Waals surface area (Å²) in [5.41, 5.74) is 2.63. The molecule has 0 fully saturated rings. The Morgan fingerprint density at radius 3 is 2.58 bits per heavy atom. The van der Waals surface area contributed by atoms with Crippen molar-refractivity contribution in [3.8, 4) is 0 Å². The van der Waals surface area contributed by atoms with E-state index in [0.29, 0.717) is 16.0 Å². The van der Waals surface area contributed by atoms with Crippen molar-refractivity contribution in [3.63, 3.8) is 0 Å². The lowest BCUT2D eigenvalue weighted by atomic mass is 10.2. The summed E-state index contributed by atoms with van der Waals surface area (Å²) in [5.74, 6) is -0.357. The lowest BCUT2D eigenvalue weighted by Gasteiger charge is -1.98. The van der Waals surface area contributed by atoms with Crippen LogP contribution in [0.4, 0.5) is 4.39 Å². The first-order valence-electron chi connectivity index (χ1n) is 5.10. The molecule has 0 bridgehead atoms. The fourth-order valence-corrected chi connectivity index (χ4v) is 1.86. The van der Waals surface area contributed by atoms with E-state index >= 15 is 0 Å². The third-order valence-corrected chi connectivity index (χ3v) is 3.84. The summed E-state index contributed by atoms with van der Waals surface area (Å²) in [6.07, 6.45) is 1.36. The van der Waals surface area contributed by atoms with Gasteiger partial charge in [-0.1, -0.05) is 0 Å². The number of halogens is 3. The number of hydrogen-bond donors (Lipinski definition) is 1. The maximum atomic E-state index is 12.7. The number of hydrogen-bond acceptors (Lipinski definition) is 3. The number of amides is 1. The molecule has 98 valence electrons. The molecule has 0 aliphatic carbocycles. The van der Waals surface area contributed by atoms with Crippen LogP contribution in [0.2, 0.25) is 0 Å². The van der Waals surface area contributed by atoms with E-state index in [-0.39, 0.29) is 0 Å². The fraction of sp³-hybridized carbons (Fsp3) is 0. The van der Waals surface area contributed by atoms with Gasteiger partial charge in [-0.05, 0) is 56.1 Å². The van der Waals surface area contributed by atoms with E-state index in [1.54, 1.807) is 6.07 Å². The van der Waals surface area contributed by atoms with E-state index < -0.39 is 11.7 Å². The Balaban J connectivity index is 1.98. The number of hydrazone groups is 1. The van der Waals surface area contributed by atoms with Crippen LogP contribution in [0.1, 0.15) is 16.1 Å². The highest BCUT2D eigenvalue weighted by Crippen LogP contribution is 2.25. The highest BCUT2D eigenvalue weighted by molar-refractivity contribution is 9.13. The van der Waals surface area contributed by atoms with Crippen molar-refractivity contribution in [2.75, 3.05) is 0 Å². The first-order chi connectivity index (χ1) is 9.06. The number of nitrogens with one attached hydrogen (secondary N) is 1. The molecule has 1 amide bonds. The lowest BCUT2D eigenvalue weighted by Crippen LogP contribution is -2.17. The number of furan rings is 1. The molecule has 0 spiro atoms. The first-order valence-corrected chi connectivity index (χ1v) is 6.68. The van der Waals surface area contributed by atoms with E-state index in [9.17, 15) is 9.18 Å². The molecule has 0 unspecified atom stereocenters. The quantitative estimate of drug-likeness (QED) is 0.642. The average Bonchev–Trinajstić information content (AvgIpc) is 2.69. The number of carbonyl (C=O) groups is 1. The lowest BCUT2D eigenvalue weighted by molar-refractivity contribution is 0.0955. The Bertz CT molecular complexity index is 604. The van der Waals surface area contributed by atoms with Gasteiger partial charge in [-0.3, -0.25) is 4.79 Å². The number of benzene rings is 1. The minimum atomic E-state index is -0.430. The summed E-state index contributed by atoms with van der Waals surface area (Å²) in [7, 11) is 0. The SMILES string of the molecule is O=C(NN=Cc1cc(Br)c(Br)o1)c1ccc(F)cc1. The van der Waals surface area contributed by atoms with Crippen molar-refractivity contribution in [2.45, 2.75) is 0 Å². The monoisotopic (exact) mass is 388 g/mol. The number of nitrogens with zero attached hydrogens (tertiary/aromatic N) is 1. The Hall–Kier alpha value is -1.47. The molecule has 2 aromatic rings. The molecule has 0 saturated heterocycles.